The Hall–Kier alpha value is -1.45. The Balaban J connectivity index is 1.94. The first-order valence-corrected chi connectivity index (χ1v) is 10.5. The van der Waals surface area contributed by atoms with Crippen molar-refractivity contribution in [1.82, 2.24) is 9.21 Å². The smallest absolute Gasteiger partial charge is 0.310 e. The largest absolute Gasteiger partial charge is 0.455 e. The zero-order valence-corrected chi connectivity index (χ0v) is 16.3. The van der Waals surface area contributed by atoms with Crippen molar-refractivity contribution in [3.8, 4) is 0 Å². The van der Waals surface area contributed by atoms with Crippen LogP contribution in [0.25, 0.3) is 0 Å². The van der Waals surface area contributed by atoms with Gasteiger partial charge in [0.15, 0.2) is 6.61 Å². The van der Waals surface area contributed by atoms with E-state index in [1.807, 2.05) is 13.8 Å². The van der Waals surface area contributed by atoms with Crippen LogP contribution in [0.3, 0.4) is 0 Å². The van der Waals surface area contributed by atoms with Crippen LogP contribution in [0.15, 0.2) is 21.7 Å². The first-order valence-electron chi connectivity index (χ1n) is 8.19. The van der Waals surface area contributed by atoms with Gasteiger partial charge in [0.2, 0.25) is 0 Å². The third-order valence-electron chi connectivity index (χ3n) is 4.31. The fourth-order valence-electron chi connectivity index (χ4n) is 2.53. The van der Waals surface area contributed by atoms with E-state index in [9.17, 15) is 18.0 Å². The Labute approximate surface area is 152 Å². The van der Waals surface area contributed by atoms with Crippen molar-refractivity contribution in [2.75, 3.05) is 26.7 Å². The Morgan fingerprint density at radius 3 is 2.76 bits per heavy atom. The summed E-state index contributed by atoms with van der Waals surface area (Å²) in [7, 11) is -1.92. The number of hydrogen-bond donors (Lipinski definition) is 0. The molecule has 0 radical (unpaired) electrons. The third kappa shape index (κ3) is 4.80. The highest BCUT2D eigenvalue weighted by molar-refractivity contribution is 7.91. The molecular formula is C16H24N2O5S2. The molecule has 1 saturated heterocycles. The maximum Gasteiger partial charge on any atom is 0.310 e. The molecule has 7 nitrogen and oxygen atoms in total. The lowest BCUT2D eigenvalue weighted by Gasteiger charge is -2.30. The Morgan fingerprint density at radius 1 is 1.44 bits per heavy atom. The number of carbonyl (C=O) groups is 2. The summed E-state index contributed by atoms with van der Waals surface area (Å²) in [6, 6.07) is 3.26. The fourth-order valence-corrected chi connectivity index (χ4v) is 5.20. The molecule has 0 bridgehead atoms. The summed E-state index contributed by atoms with van der Waals surface area (Å²) in [5, 5.41) is 1.71. The summed E-state index contributed by atoms with van der Waals surface area (Å²) in [5.41, 5.74) is 0. The van der Waals surface area contributed by atoms with Crippen molar-refractivity contribution in [1.29, 1.82) is 0 Å². The van der Waals surface area contributed by atoms with Gasteiger partial charge in [0.25, 0.3) is 15.9 Å². The number of rotatable bonds is 6. The molecule has 140 valence electrons. The summed E-state index contributed by atoms with van der Waals surface area (Å²) >= 11 is 1.16. The lowest BCUT2D eigenvalue weighted by atomic mass is 10.00. The van der Waals surface area contributed by atoms with Gasteiger partial charge in [-0.05, 0) is 38.1 Å². The number of thiophene rings is 1. The maximum absolute atomic E-state index is 12.6. The van der Waals surface area contributed by atoms with E-state index < -0.39 is 21.9 Å². The van der Waals surface area contributed by atoms with E-state index in [2.05, 4.69) is 0 Å². The van der Waals surface area contributed by atoms with Crippen molar-refractivity contribution in [2.45, 2.75) is 36.9 Å². The molecule has 25 heavy (non-hydrogen) atoms. The van der Waals surface area contributed by atoms with Gasteiger partial charge in [-0.3, -0.25) is 9.59 Å². The topological polar surface area (TPSA) is 84.0 Å². The van der Waals surface area contributed by atoms with Crippen LogP contribution in [0.5, 0.6) is 0 Å². The summed E-state index contributed by atoms with van der Waals surface area (Å²) < 4.78 is 31.9. The standard InChI is InChI=1S/C16H24N2O5S2/c1-12(2)17(3)14(19)11-23-16(20)13-6-4-8-18(10-13)25(21,22)15-7-5-9-24-15/h5,7,9,12-13H,4,6,8,10-11H2,1-3H3. The lowest BCUT2D eigenvalue weighted by Crippen LogP contribution is -2.43. The number of piperidine rings is 1. The van der Waals surface area contributed by atoms with E-state index in [4.69, 9.17) is 4.74 Å². The number of amides is 1. The number of carbonyl (C=O) groups excluding carboxylic acids is 2. The Morgan fingerprint density at radius 2 is 2.16 bits per heavy atom. The minimum atomic E-state index is -3.57. The van der Waals surface area contributed by atoms with Crippen LogP contribution in [-0.2, 0) is 24.3 Å². The average molecular weight is 389 g/mol. The van der Waals surface area contributed by atoms with Crippen LogP contribution in [0.2, 0.25) is 0 Å². The monoisotopic (exact) mass is 388 g/mol. The molecule has 2 rings (SSSR count). The van der Waals surface area contributed by atoms with Crippen LogP contribution in [0.4, 0.5) is 0 Å². The second kappa shape index (κ2) is 8.29. The highest BCUT2D eigenvalue weighted by Gasteiger charge is 2.34. The number of esters is 1. The van der Waals surface area contributed by atoms with Gasteiger partial charge >= 0.3 is 5.97 Å². The molecule has 1 amide bonds. The van der Waals surface area contributed by atoms with Crippen molar-refractivity contribution < 1.29 is 22.7 Å². The summed E-state index contributed by atoms with van der Waals surface area (Å²) in [6.07, 6.45) is 1.15. The second-order valence-corrected chi connectivity index (χ2v) is 9.45. The predicted molar refractivity (Wildman–Crippen MR) is 94.7 cm³/mol. The molecule has 0 spiro atoms. The average Bonchev–Trinajstić information content (AvgIpc) is 3.14. The van der Waals surface area contributed by atoms with Crippen molar-refractivity contribution in [2.24, 2.45) is 5.92 Å². The van der Waals surface area contributed by atoms with Crippen LogP contribution < -0.4 is 0 Å². The molecular weight excluding hydrogens is 364 g/mol. The van der Waals surface area contributed by atoms with Gasteiger partial charge in [-0.1, -0.05) is 6.07 Å². The quantitative estimate of drug-likeness (QED) is 0.691. The van der Waals surface area contributed by atoms with Gasteiger partial charge in [-0.2, -0.15) is 4.31 Å². The Bertz CT molecular complexity index is 700. The van der Waals surface area contributed by atoms with Crippen LogP contribution in [0, 0.1) is 5.92 Å². The normalized spacial score (nSPS) is 19.0. The molecule has 1 aromatic rings. The second-order valence-electron chi connectivity index (χ2n) is 6.34. The van der Waals surface area contributed by atoms with E-state index in [-0.39, 0.29) is 29.3 Å². The summed E-state index contributed by atoms with van der Waals surface area (Å²) in [6.45, 7) is 3.90. The van der Waals surface area contributed by atoms with Gasteiger partial charge in [0.1, 0.15) is 4.21 Å². The van der Waals surface area contributed by atoms with E-state index in [0.29, 0.717) is 19.4 Å². The van der Waals surface area contributed by atoms with Gasteiger partial charge in [0.05, 0.1) is 5.92 Å². The fraction of sp³-hybridized carbons (Fsp3) is 0.625. The molecule has 1 atom stereocenters. The van der Waals surface area contributed by atoms with Crippen LogP contribution in [0.1, 0.15) is 26.7 Å². The maximum atomic E-state index is 12.6. The minimum Gasteiger partial charge on any atom is -0.455 e. The van der Waals surface area contributed by atoms with Gasteiger partial charge in [-0.15, -0.1) is 11.3 Å². The van der Waals surface area contributed by atoms with Crippen molar-refractivity contribution in [3.05, 3.63) is 17.5 Å². The zero-order valence-electron chi connectivity index (χ0n) is 14.7. The first kappa shape index (κ1) is 19.9. The third-order valence-corrected chi connectivity index (χ3v) is 7.55. The number of nitrogens with zero attached hydrogens (tertiary/aromatic N) is 2. The van der Waals surface area contributed by atoms with Gasteiger partial charge in [0, 0.05) is 26.2 Å². The van der Waals surface area contributed by atoms with E-state index in [1.54, 1.807) is 24.6 Å². The number of likely N-dealkylation sites (N-methyl/N-ethyl adjacent to an activating group) is 1. The van der Waals surface area contributed by atoms with Gasteiger partial charge < -0.3 is 9.64 Å². The SMILES string of the molecule is CC(C)N(C)C(=O)COC(=O)C1CCCN(S(=O)(=O)c2cccs2)C1. The molecule has 9 heteroatoms. The minimum absolute atomic E-state index is 0.0207. The molecule has 0 aliphatic carbocycles. The molecule has 1 unspecified atom stereocenters. The molecule has 1 aliphatic heterocycles. The molecule has 1 aromatic heterocycles. The van der Waals surface area contributed by atoms with E-state index in [1.165, 1.54) is 9.21 Å². The molecule has 0 aromatic carbocycles. The first-order chi connectivity index (χ1) is 11.7. The van der Waals surface area contributed by atoms with Gasteiger partial charge in [-0.25, -0.2) is 8.42 Å². The summed E-state index contributed by atoms with van der Waals surface area (Å²) in [5.74, 6) is -1.33. The molecule has 2 heterocycles. The van der Waals surface area contributed by atoms with Crippen molar-refractivity contribution in [3.63, 3.8) is 0 Å². The highest BCUT2D eigenvalue weighted by atomic mass is 32.2. The number of sulfonamides is 1. The highest BCUT2D eigenvalue weighted by Crippen LogP contribution is 2.26. The van der Waals surface area contributed by atoms with E-state index in [0.717, 1.165) is 11.3 Å². The van der Waals surface area contributed by atoms with Crippen LogP contribution >= 0.6 is 11.3 Å². The molecule has 0 N–H and O–H groups in total. The number of ether oxygens (including phenoxy) is 1. The predicted octanol–water partition coefficient (Wildman–Crippen LogP) is 1.56. The number of hydrogen-bond acceptors (Lipinski definition) is 6. The van der Waals surface area contributed by atoms with E-state index >= 15 is 0 Å². The molecule has 1 aliphatic rings. The van der Waals surface area contributed by atoms with Crippen LogP contribution in [-0.4, -0.2) is 62.3 Å². The summed E-state index contributed by atoms with van der Waals surface area (Å²) in [4.78, 5) is 25.6. The zero-order chi connectivity index (χ0) is 18.6. The lowest BCUT2D eigenvalue weighted by molar-refractivity contribution is -0.156. The molecule has 1 fully saturated rings. The Kier molecular flexibility index (Phi) is 6.59. The van der Waals surface area contributed by atoms with Crippen molar-refractivity contribution >= 4 is 33.2 Å². The molecule has 0 saturated carbocycles.